The van der Waals surface area contributed by atoms with Crippen LogP contribution in [-0.4, -0.2) is 64.2 Å². The largest absolute Gasteiger partial charge is 0.478 e. The molecular formula is C18H20N2O5. The van der Waals surface area contributed by atoms with Gasteiger partial charge in [0, 0.05) is 32.7 Å². The minimum absolute atomic E-state index is 0.152. The van der Waals surface area contributed by atoms with Crippen LogP contribution in [0.1, 0.15) is 26.3 Å². The van der Waals surface area contributed by atoms with Gasteiger partial charge in [0.1, 0.15) is 6.26 Å². The Morgan fingerprint density at radius 2 is 1.84 bits per heavy atom. The molecule has 1 aliphatic rings. The number of nitrogens with zero attached hydrogens (tertiary/aromatic N) is 2. The lowest BCUT2D eigenvalue weighted by Gasteiger charge is -2.21. The molecule has 1 saturated heterocycles. The van der Waals surface area contributed by atoms with Crippen molar-refractivity contribution in [2.75, 3.05) is 26.2 Å². The highest BCUT2D eigenvalue weighted by Crippen LogP contribution is 2.13. The molecule has 132 valence electrons. The summed E-state index contributed by atoms with van der Waals surface area (Å²) in [5, 5.41) is 19.2. The third-order valence-corrected chi connectivity index (χ3v) is 4.25. The van der Waals surface area contributed by atoms with Crippen LogP contribution in [0.3, 0.4) is 0 Å². The molecule has 3 rings (SSSR count). The molecular weight excluding hydrogens is 324 g/mol. The SMILES string of the molecule is O=C(O)c1ccc(CN2CCN(C(=O)c3ccoc3)C[C@H](O)C2)cc1. The number of β-amino-alcohol motifs (C(OH)–C–C–N with tert-alkyl or cyclic N) is 1. The number of carboxylic acids is 1. The Morgan fingerprint density at radius 1 is 1.08 bits per heavy atom. The van der Waals surface area contributed by atoms with Crippen LogP contribution in [0.4, 0.5) is 0 Å². The molecule has 7 heteroatoms. The molecule has 1 fully saturated rings. The molecule has 2 aromatic rings. The van der Waals surface area contributed by atoms with E-state index < -0.39 is 12.1 Å². The zero-order chi connectivity index (χ0) is 17.8. The van der Waals surface area contributed by atoms with Crippen LogP contribution >= 0.6 is 0 Å². The van der Waals surface area contributed by atoms with Gasteiger partial charge in [0.05, 0.1) is 23.5 Å². The maximum absolute atomic E-state index is 12.4. The highest BCUT2D eigenvalue weighted by molar-refractivity contribution is 5.93. The van der Waals surface area contributed by atoms with Gasteiger partial charge in [-0.1, -0.05) is 12.1 Å². The van der Waals surface area contributed by atoms with Crippen LogP contribution in [0.25, 0.3) is 0 Å². The molecule has 7 nitrogen and oxygen atoms in total. The number of carboxylic acid groups (broad SMARTS) is 1. The normalized spacial score (nSPS) is 18.8. The Balaban J connectivity index is 1.63. The number of hydrogen-bond donors (Lipinski definition) is 2. The molecule has 1 atom stereocenters. The van der Waals surface area contributed by atoms with E-state index in [9.17, 15) is 14.7 Å². The summed E-state index contributed by atoms with van der Waals surface area (Å²) in [4.78, 5) is 27.0. The van der Waals surface area contributed by atoms with Gasteiger partial charge in [-0.25, -0.2) is 4.79 Å². The zero-order valence-electron chi connectivity index (χ0n) is 13.7. The fourth-order valence-corrected chi connectivity index (χ4v) is 2.96. The maximum Gasteiger partial charge on any atom is 0.335 e. The van der Waals surface area contributed by atoms with Crippen molar-refractivity contribution in [1.29, 1.82) is 0 Å². The van der Waals surface area contributed by atoms with E-state index in [1.54, 1.807) is 35.2 Å². The van der Waals surface area contributed by atoms with E-state index in [2.05, 4.69) is 4.90 Å². The number of carbonyl (C=O) groups excluding carboxylic acids is 1. The number of benzene rings is 1. The third-order valence-electron chi connectivity index (χ3n) is 4.25. The molecule has 2 N–H and O–H groups in total. The Hall–Kier alpha value is -2.64. The lowest BCUT2D eigenvalue weighted by Crippen LogP contribution is -2.37. The second kappa shape index (κ2) is 7.50. The van der Waals surface area contributed by atoms with E-state index in [0.29, 0.717) is 31.7 Å². The Morgan fingerprint density at radius 3 is 2.48 bits per heavy atom. The molecule has 1 aromatic heterocycles. The van der Waals surface area contributed by atoms with Crippen LogP contribution in [0.2, 0.25) is 0 Å². The third kappa shape index (κ3) is 4.26. The van der Waals surface area contributed by atoms with Crippen LogP contribution < -0.4 is 0 Å². The van der Waals surface area contributed by atoms with Gasteiger partial charge in [0.15, 0.2) is 0 Å². The van der Waals surface area contributed by atoms with Gasteiger partial charge < -0.3 is 19.5 Å². The summed E-state index contributed by atoms with van der Waals surface area (Å²) in [5.74, 6) is -1.11. The first-order chi connectivity index (χ1) is 12.0. The highest BCUT2D eigenvalue weighted by Gasteiger charge is 2.25. The molecule has 1 aliphatic heterocycles. The average molecular weight is 344 g/mol. The molecule has 0 bridgehead atoms. The number of aliphatic hydroxyl groups is 1. The van der Waals surface area contributed by atoms with Gasteiger partial charge in [-0.3, -0.25) is 9.69 Å². The predicted octanol–water partition coefficient (Wildman–Crippen LogP) is 1.30. The van der Waals surface area contributed by atoms with Crippen molar-refractivity contribution in [3.63, 3.8) is 0 Å². The molecule has 2 heterocycles. The first-order valence-corrected chi connectivity index (χ1v) is 8.07. The molecule has 0 aliphatic carbocycles. The number of amides is 1. The van der Waals surface area contributed by atoms with Gasteiger partial charge in [-0.05, 0) is 23.8 Å². The second-order valence-corrected chi connectivity index (χ2v) is 6.15. The molecule has 0 radical (unpaired) electrons. The molecule has 1 aromatic carbocycles. The topological polar surface area (TPSA) is 94.2 Å². The highest BCUT2D eigenvalue weighted by atomic mass is 16.4. The lowest BCUT2D eigenvalue weighted by atomic mass is 10.1. The molecule has 0 spiro atoms. The minimum atomic E-state index is -0.954. The Bertz CT molecular complexity index is 726. The summed E-state index contributed by atoms with van der Waals surface area (Å²) >= 11 is 0. The smallest absolute Gasteiger partial charge is 0.335 e. The number of rotatable bonds is 4. The molecule has 0 unspecified atom stereocenters. The van der Waals surface area contributed by atoms with Crippen LogP contribution in [0.5, 0.6) is 0 Å². The van der Waals surface area contributed by atoms with E-state index >= 15 is 0 Å². The molecule has 0 saturated carbocycles. The fraction of sp³-hybridized carbons (Fsp3) is 0.333. The summed E-state index contributed by atoms with van der Waals surface area (Å²) in [5.41, 5.74) is 1.69. The lowest BCUT2D eigenvalue weighted by molar-refractivity contribution is 0.0661. The van der Waals surface area contributed by atoms with Crippen molar-refractivity contribution >= 4 is 11.9 Å². The summed E-state index contributed by atoms with van der Waals surface area (Å²) in [6.45, 7) is 2.45. The van der Waals surface area contributed by atoms with E-state index in [1.807, 2.05) is 0 Å². The van der Waals surface area contributed by atoms with Crippen molar-refractivity contribution in [1.82, 2.24) is 9.80 Å². The number of hydrogen-bond acceptors (Lipinski definition) is 5. The van der Waals surface area contributed by atoms with Gasteiger partial charge in [0.25, 0.3) is 5.91 Å². The molecule has 25 heavy (non-hydrogen) atoms. The van der Waals surface area contributed by atoms with Crippen molar-refractivity contribution < 1.29 is 24.2 Å². The Labute approximate surface area is 145 Å². The average Bonchev–Trinajstić information content (AvgIpc) is 3.06. The van der Waals surface area contributed by atoms with Gasteiger partial charge >= 0.3 is 5.97 Å². The fourth-order valence-electron chi connectivity index (χ4n) is 2.96. The first-order valence-electron chi connectivity index (χ1n) is 8.07. The van der Waals surface area contributed by atoms with Crippen LogP contribution in [-0.2, 0) is 6.54 Å². The number of carbonyl (C=O) groups is 2. The van der Waals surface area contributed by atoms with Gasteiger partial charge in [0.2, 0.25) is 0 Å². The van der Waals surface area contributed by atoms with Crippen molar-refractivity contribution in [2.24, 2.45) is 0 Å². The summed E-state index contributed by atoms with van der Waals surface area (Å²) < 4.78 is 4.95. The maximum atomic E-state index is 12.4. The van der Waals surface area contributed by atoms with E-state index in [0.717, 1.165) is 5.56 Å². The van der Waals surface area contributed by atoms with E-state index in [1.165, 1.54) is 12.5 Å². The first kappa shape index (κ1) is 17.2. The summed E-state index contributed by atoms with van der Waals surface area (Å²) in [7, 11) is 0. The van der Waals surface area contributed by atoms with E-state index in [4.69, 9.17) is 9.52 Å². The molecule has 1 amide bonds. The Kier molecular flexibility index (Phi) is 5.16. The van der Waals surface area contributed by atoms with Gasteiger partial charge in [-0.15, -0.1) is 0 Å². The minimum Gasteiger partial charge on any atom is -0.478 e. The monoisotopic (exact) mass is 344 g/mol. The summed E-state index contributed by atoms with van der Waals surface area (Å²) in [6, 6.07) is 8.30. The van der Waals surface area contributed by atoms with Gasteiger partial charge in [-0.2, -0.15) is 0 Å². The van der Waals surface area contributed by atoms with Crippen molar-refractivity contribution in [3.8, 4) is 0 Å². The second-order valence-electron chi connectivity index (χ2n) is 6.15. The van der Waals surface area contributed by atoms with Crippen LogP contribution in [0, 0.1) is 0 Å². The summed E-state index contributed by atoms with van der Waals surface area (Å²) in [6.07, 6.45) is 2.22. The van der Waals surface area contributed by atoms with Crippen LogP contribution in [0.15, 0.2) is 47.3 Å². The number of aliphatic hydroxyl groups excluding tert-OH is 1. The van der Waals surface area contributed by atoms with Crippen molar-refractivity contribution in [3.05, 3.63) is 59.5 Å². The standard InChI is InChI=1S/C18H20N2O5/c21-16-10-19(9-13-1-3-14(4-2-13)18(23)24)6-7-20(11-16)17(22)15-5-8-25-12-15/h1-5,8,12,16,21H,6-7,9-11H2,(H,23,24)/t16-/m1/s1. The number of furan rings is 1. The van der Waals surface area contributed by atoms with Crippen molar-refractivity contribution in [2.45, 2.75) is 12.6 Å². The zero-order valence-corrected chi connectivity index (χ0v) is 13.7. The predicted molar refractivity (Wildman–Crippen MR) is 89.3 cm³/mol. The van der Waals surface area contributed by atoms with E-state index in [-0.39, 0.29) is 18.0 Å². The quantitative estimate of drug-likeness (QED) is 0.868. The number of aromatic carboxylic acids is 1.